The summed E-state index contributed by atoms with van der Waals surface area (Å²) in [6.45, 7) is 0.810. The van der Waals surface area contributed by atoms with Crippen LogP contribution in [0.4, 0.5) is 0 Å². The Morgan fingerprint density at radius 1 is 1.15 bits per heavy atom. The molecule has 0 saturated heterocycles. The highest BCUT2D eigenvalue weighted by molar-refractivity contribution is 5.82. The van der Waals surface area contributed by atoms with Crippen LogP contribution in [0.3, 0.4) is 0 Å². The molecule has 2 bridgehead atoms. The predicted octanol–water partition coefficient (Wildman–Crippen LogP) is 2.01. The Morgan fingerprint density at radius 3 is 2.75 bits per heavy atom. The average molecular weight is 270 g/mol. The van der Waals surface area contributed by atoms with Gasteiger partial charge in [-0.1, -0.05) is 30.7 Å². The molecule has 1 heterocycles. The summed E-state index contributed by atoms with van der Waals surface area (Å²) in [6, 6.07) is 8.82. The fourth-order valence-corrected chi connectivity index (χ4v) is 4.34. The van der Waals surface area contributed by atoms with Crippen molar-refractivity contribution in [2.24, 2.45) is 11.8 Å². The molecule has 3 heteroatoms. The number of amides is 1. The largest absolute Gasteiger partial charge is 0.352 e. The van der Waals surface area contributed by atoms with E-state index in [1.165, 1.54) is 36.8 Å². The number of carbonyl (C=O) groups excluding carboxylic acids is 1. The van der Waals surface area contributed by atoms with E-state index in [0.717, 1.165) is 24.8 Å². The maximum absolute atomic E-state index is 12.5. The zero-order valence-electron chi connectivity index (χ0n) is 11.8. The van der Waals surface area contributed by atoms with E-state index in [1.807, 2.05) is 0 Å². The van der Waals surface area contributed by atoms with Crippen molar-refractivity contribution in [3.05, 3.63) is 35.4 Å². The van der Waals surface area contributed by atoms with E-state index in [2.05, 4.69) is 34.9 Å². The van der Waals surface area contributed by atoms with Crippen LogP contribution in [0.1, 0.15) is 36.8 Å². The molecule has 106 valence electrons. The summed E-state index contributed by atoms with van der Waals surface area (Å²) in [6.07, 6.45) is 6.07. The lowest BCUT2D eigenvalue weighted by Crippen LogP contribution is -2.51. The van der Waals surface area contributed by atoms with Crippen molar-refractivity contribution in [2.45, 2.75) is 50.7 Å². The Bertz CT molecular complexity index is 527. The fourth-order valence-electron chi connectivity index (χ4n) is 4.34. The van der Waals surface area contributed by atoms with Crippen LogP contribution in [0, 0.1) is 11.8 Å². The van der Waals surface area contributed by atoms with E-state index in [9.17, 15) is 4.79 Å². The minimum Gasteiger partial charge on any atom is -0.352 e. The lowest BCUT2D eigenvalue weighted by atomic mass is 9.93. The molecule has 3 aliphatic rings. The van der Waals surface area contributed by atoms with Crippen LogP contribution < -0.4 is 10.6 Å². The molecule has 1 amide bonds. The van der Waals surface area contributed by atoms with Gasteiger partial charge in [0.25, 0.3) is 0 Å². The van der Waals surface area contributed by atoms with Crippen LogP contribution >= 0.6 is 0 Å². The molecule has 1 aromatic carbocycles. The molecular weight excluding hydrogens is 248 g/mol. The van der Waals surface area contributed by atoms with Crippen LogP contribution in [0.25, 0.3) is 0 Å². The highest BCUT2D eigenvalue weighted by Gasteiger charge is 2.40. The van der Waals surface area contributed by atoms with Crippen LogP contribution in [0.15, 0.2) is 24.3 Å². The van der Waals surface area contributed by atoms with Crippen LogP contribution in [0.2, 0.25) is 0 Å². The van der Waals surface area contributed by atoms with E-state index in [4.69, 9.17) is 0 Å². The standard InChI is InChI=1S/C17H22N2O/c20-17(19-15-8-11-5-6-13(15)7-11)16-9-12-3-1-2-4-14(12)10-18-16/h1-4,11,13,15-16,18H,5-10H2,(H,19,20)/t11?,13?,15?,16-/m1/s1. The Labute approximate surface area is 120 Å². The summed E-state index contributed by atoms with van der Waals surface area (Å²) in [4.78, 5) is 12.5. The SMILES string of the molecule is O=C(NC1CC2CCC1C2)[C@H]1Cc2ccccc2CN1. The number of carbonyl (C=O) groups is 1. The van der Waals surface area contributed by atoms with Gasteiger partial charge in [0.05, 0.1) is 6.04 Å². The first-order valence-electron chi connectivity index (χ1n) is 7.90. The molecule has 2 saturated carbocycles. The lowest BCUT2D eigenvalue weighted by molar-refractivity contribution is -0.124. The second kappa shape index (κ2) is 4.88. The van der Waals surface area contributed by atoms with Crippen molar-refractivity contribution < 1.29 is 4.79 Å². The van der Waals surface area contributed by atoms with Crippen molar-refractivity contribution >= 4 is 5.91 Å². The number of fused-ring (bicyclic) bond motifs is 3. The first-order valence-corrected chi connectivity index (χ1v) is 7.90. The third kappa shape index (κ3) is 2.14. The van der Waals surface area contributed by atoms with Gasteiger partial charge in [0.15, 0.2) is 0 Å². The maximum atomic E-state index is 12.5. The van der Waals surface area contributed by atoms with Gasteiger partial charge in [0, 0.05) is 12.6 Å². The molecule has 3 nitrogen and oxygen atoms in total. The predicted molar refractivity (Wildman–Crippen MR) is 78.2 cm³/mol. The Morgan fingerprint density at radius 2 is 2.00 bits per heavy atom. The molecule has 4 atom stereocenters. The summed E-state index contributed by atoms with van der Waals surface area (Å²) in [7, 11) is 0. The molecular formula is C17H22N2O. The number of nitrogens with one attached hydrogen (secondary N) is 2. The Hall–Kier alpha value is -1.35. The van der Waals surface area contributed by atoms with Crippen molar-refractivity contribution in [3.8, 4) is 0 Å². The van der Waals surface area contributed by atoms with E-state index in [0.29, 0.717) is 6.04 Å². The van der Waals surface area contributed by atoms with Gasteiger partial charge < -0.3 is 10.6 Å². The lowest BCUT2D eigenvalue weighted by Gasteiger charge is -2.29. The molecule has 0 spiro atoms. The van der Waals surface area contributed by atoms with E-state index < -0.39 is 0 Å². The molecule has 2 fully saturated rings. The maximum Gasteiger partial charge on any atom is 0.237 e. The van der Waals surface area contributed by atoms with Crippen LogP contribution in [0.5, 0.6) is 0 Å². The van der Waals surface area contributed by atoms with Gasteiger partial charge in [-0.15, -0.1) is 0 Å². The number of rotatable bonds is 2. The van der Waals surface area contributed by atoms with Gasteiger partial charge in [-0.2, -0.15) is 0 Å². The Kier molecular flexibility index (Phi) is 3.03. The summed E-state index contributed by atoms with van der Waals surface area (Å²) in [5.74, 6) is 1.84. The van der Waals surface area contributed by atoms with Crippen LogP contribution in [-0.4, -0.2) is 18.0 Å². The van der Waals surface area contributed by atoms with Crippen LogP contribution in [-0.2, 0) is 17.8 Å². The zero-order valence-corrected chi connectivity index (χ0v) is 11.8. The molecule has 4 rings (SSSR count). The number of hydrogen-bond acceptors (Lipinski definition) is 2. The monoisotopic (exact) mass is 270 g/mol. The van der Waals surface area contributed by atoms with Crippen molar-refractivity contribution in [3.63, 3.8) is 0 Å². The molecule has 2 aliphatic carbocycles. The summed E-state index contributed by atoms with van der Waals surface area (Å²) in [5, 5.41) is 6.69. The first-order chi connectivity index (χ1) is 9.79. The number of benzene rings is 1. The van der Waals surface area contributed by atoms with Crippen molar-refractivity contribution in [1.29, 1.82) is 0 Å². The van der Waals surface area contributed by atoms with Gasteiger partial charge in [-0.3, -0.25) is 4.79 Å². The molecule has 0 radical (unpaired) electrons. The molecule has 0 aromatic heterocycles. The molecule has 20 heavy (non-hydrogen) atoms. The fraction of sp³-hybridized carbons (Fsp3) is 0.588. The van der Waals surface area contributed by atoms with Gasteiger partial charge in [-0.25, -0.2) is 0 Å². The summed E-state index contributed by atoms with van der Waals surface area (Å²) >= 11 is 0. The normalized spacial score (nSPS) is 34.8. The quantitative estimate of drug-likeness (QED) is 0.863. The third-order valence-electron chi connectivity index (χ3n) is 5.46. The molecule has 3 unspecified atom stereocenters. The van der Waals surface area contributed by atoms with Gasteiger partial charge >= 0.3 is 0 Å². The smallest absolute Gasteiger partial charge is 0.237 e. The zero-order chi connectivity index (χ0) is 13.5. The van der Waals surface area contributed by atoms with E-state index in [1.54, 1.807) is 0 Å². The minimum absolute atomic E-state index is 0.0518. The van der Waals surface area contributed by atoms with E-state index >= 15 is 0 Å². The average Bonchev–Trinajstić information content (AvgIpc) is 3.09. The van der Waals surface area contributed by atoms with Gasteiger partial charge in [0.1, 0.15) is 0 Å². The second-order valence-corrected chi connectivity index (χ2v) is 6.70. The summed E-state index contributed by atoms with van der Waals surface area (Å²) in [5.41, 5.74) is 2.65. The first kappa shape index (κ1) is 12.4. The van der Waals surface area contributed by atoms with Crippen molar-refractivity contribution in [1.82, 2.24) is 10.6 Å². The Balaban J connectivity index is 1.40. The minimum atomic E-state index is -0.0518. The highest BCUT2D eigenvalue weighted by atomic mass is 16.2. The third-order valence-corrected chi connectivity index (χ3v) is 5.46. The molecule has 1 aromatic rings. The second-order valence-electron chi connectivity index (χ2n) is 6.70. The van der Waals surface area contributed by atoms with Gasteiger partial charge in [0.2, 0.25) is 5.91 Å². The van der Waals surface area contributed by atoms with E-state index in [-0.39, 0.29) is 11.9 Å². The highest BCUT2D eigenvalue weighted by Crippen LogP contribution is 2.44. The number of hydrogen-bond donors (Lipinski definition) is 2. The van der Waals surface area contributed by atoms with Gasteiger partial charge in [-0.05, 0) is 48.6 Å². The summed E-state index contributed by atoms with van der Waals surface area (Å²) < 4.78 is 0. The van der Waals surface area contributed by atoms with Crippen molar-refractivity contribution in [2.75, 3.05) is 0 Å². The topological polar surface area (TPSA) is 41.1 Å². The molecule has 1 aliphatic heterocycles. The molecule has 2 N–H and O–H groups in total.